The third-order valence-corrected chi connectivity index (χ3v) is 12.4. The highest BCUT2D eigenvalue weighted by Gasteiger charge is 2.20. The highest BCUT2D eigenvalue weighted by molar-refractivity contribution is 5.76. The average molecular weight is 872 g/mol. The van der Waals surface area contributed by atoms with Crippen molar-refractivity contribution in [2.45, 2.75) is 296 Å². The molecule has 0 fully saturated rings. The lowest BCUT2D eigenvalue weighted by molar-refractivity contribution is -0.143. The van der Waals surface area contributed by atoms with Gasteiger partial charge in [0.1, 0.15) is 0 Å². The lowest BCUT2D eigenvalue weighted by Gasteiger charge is -2.22. The van der Waals surface area contributed by atoms with Gasteiger partial charge in [-0.05, 0) is 77.0 Å². The first-order valence-electron chi connectivity index (χ1n) is 27.2. The van der Waals surface area contributed by atoms with Crippen molar-refractivity contribution in [1.82, 2.24) is 5.32 Å². The largest absolute Gasteiger partial charge is 0.466 e. The van der Waals surface area contributed by atoms with Crippen LogP contribution in [0, 0.1) is 0 Å². The van der Waals surface area contributed by atoms with Gasteiger partial charge in [-0.15, -0.1) is 0 Å². The van der Waals surface area contributed by atoms with Gasteiger partial charge in [-0.3, -0.25) is 9.59 Å². The Morgan fingerprint density at radius 2 is 0.823 bits per heavy atom. The number of hydrogen-bond acceptors (Lipinski definition) is 5. The fourth-order valence-corrected chi connectivity index (χ4v) is 8.18. The van der Waals surface area contributed by atoms with E-state index < -0.39 is 12.1 Å². The Morgan fingerprint density at radius 3 is 1.29 bits per heavy atom. The Labute approximate surface area is 385 Å². The number of rotatable bonds is 50. The smallest absolute Gasteiger partial charge is 0.305 e. The number of amides is 1. The van der Waals surface area contributed by atoms with Crippen LogP contribution in [0.4, 0.5) is 0 Å². The minimum atomic E-state index is -0.667. The number of esters is 1. The van der Waals surface area contributed by atoms with Crippen molar-refractivity contribution in [3.63, 3.8) is 0 Å². The van der Waals surface area contributed by atoms with E-state index in [1.165, 1.54) is 199 Å². The highest BCUT2D eigenvalue weighted by Crippen LogP contribution is 2.16. The summed E-state index contributed by atoms with van der Waals surface area (Å²) in [5.41, 5.74) is 0. The highest BCUT2D eigenvalue weighted by atomic mass is 16.5. The van der Waals surface area contributed by atoms with Crippen molar-refractivity contribution in [3.8, 4) is 0 Å². The molecule has 6 nitrogen and oxygen atoms in total. The zero-order chi connectivity index (χ0) is 45.1. The van der Waals surface area contributed by atoms with Gasteiger partial charge in [-0.2, -0.15) is 0 Å². The average Bonchev–Trinajstić information content (AvgIpc) is 3.27. The molecule has 0 aromatic heterocycles. The summed E-state index contributed by atoms with van der Waals surface area (Å²) in [6, 6.07) is -0.546. The molecule has 0 aliphatic heterocycles. The summed E-state index contributed by atoms with van der Waals surface area (Å²) < 4.78 is 5.46. The second kappa shape index (κ2) is 51.7. The molecule has 0 spiro atoms. The van der Waals surface area contributed by atoms with Gasteiger partial charge in [-0.1, -0.05) is 230 Å². The van der Waals surface area contributed by atoms with Crippen LogP contribution in [-0.4, -0.2) is 47.4 Å². The van der Waals surface area contributed by atoms with Crippen LogP contribution in [0.2, 0.25) is 0 Å². The summed E-state index contributed by atoms with van der Waals surface area (Å²) in [5.74, 6) is -0.0522. The van der Waals surface area contributed by atoms with E-state index in [0.717, 1.165) is 51.4 Å². The van der Waals surface area contributed by atoms with Crippen LogP contribution in [0.15, 0.2) is 36.5 Å². The van der Waals surface area contributed by atoms with Gasteiger partial charge in [-0.25, -0.2) is 0 Å². The summed E-state index contributed by atoms with van der Waals surface area (Å²) >= 11 is 0. The fraction of sp³-hybridized carbons (Fsp3) is 0.857. The van der Waals surface area contributed by atoms with Gasteiger partial charge >= 0.3 is 5.97 Å². The Hall–Kier alpha value is -1.92. The van der Waals surface area contributed by atoms with Gasteiger partial charge in [0.05, 0.1) is 25.4 Å². The summed E-state index contributed by atoms with van der Waals surface area (Å²) in [4.78, 5) is 24.4. The SMILES string of the molecule is CCCC/C=C\C/C=C\CCCCCCCC(=O)OCCCCCCCCCCCC/C=C\CCCCCCCCCC(=O)NC(CO)C(O)CCCCCCCCCCCC. The van der Waals surface area contributed by atoms with Crippen molar-refractivity contribution in [3.05, 3.63) is 36.5 Å². The molecule has 0 saturated carbocycles. The summed E-state index contributed by atoms with van der Waals surface area (Å²) in [6.07, 6.45) is 62.7. The van der Waals surface area contributed by atoms with Gasteiger partial charge in [0, 0.05) is 12.8 Å². The van der Waals surface area contributed by atoms with Crippen LogP contribution in [0.25, 0.3) is 0 Å². The molecule has 0 aliphatic carbocycles. The zero-order valence-corrected chi connectivity index (χ0v) is 41.4. The van der Waals surface area contributed by atoms with E-state index in [-0.39, 0.29) is 18.5 Å². The first-order chi connectivity index (χ1) is 30.5. The maximum atomic E-state index is 12.4. The van der Waals surface area contributed by atoms with Crippen LogP contribution in [0.5, 0.6) is 0 Å². The number of nitrogens with one attached hydrogen (secondary N) is 1. The molecule has 0 aromatic rings. The normalized spacial score (nSPS) is 12.9. The minimum absolute atomic E-state index is 0.00699. The van der Waals surface area contributed by atoms with E-state index in [9.17, 15) is 19.8 Å². The third kappa shape index (κ3) is 47.6. The molecule has 0 bridgehead atoms. The van der Waals surface area contributed by atoms with Gasteiger partial charge in [0.15, 0.2) is 0 Å². The molecule has 1 amide bonds. The molecular weight excluding hydrogens is 767 g/mol. The van der Waals surface area contributed by atoms with Gasteiger partial charge < -0.3 is 20.3 Å². The van der Waals surface area contributed by atoms with Crippen LogP contribution in [0.3, 0.4) is 0 Å². The number of allylic oxidation sites excluding steroid dienone is 6. The monoisotopic (exact) mass is 872 g/mol. The Balaban J connectivity index is 3.42. The van der Waals surface area contributed by atoms with Gasteiger partial charge in [0.25, 0.3) is 0 Å². The third-order valence-electron chi connectivity index (χ3n) is 12.4. The molecular formula is C56H105NO5. The summed E-state index contributed by atoms with van der Waals surface area (Å²) in [7, 11) is 0. The van der Waals surface area contributed by atoms with E-state index in [2.05, 4.69) is 55.6 Å². The van der Waals surface area contributed by atoms with Crippen molar-refractivity contribution in [1.29, 1.82) is 0 Å². The predicted molar refractivity (Wildman–Crippen MR) is 269 cm³/mol. The van der Waals surface area contributed by atoms with Crippen molar-refractivity contribution in [2.75, 3.05) is 13.2 Å². The van der Waals surface area contributed by atoms with E-state index >= 15 is 0 Å². The first kappa shape index (κ1) is 60.1. The molecule has 0 radical (unpaired) electrons. The zero-order valence-electron chi connectivity index (χ0n) is 41.4. The molecule has 2 atom stereocenters. The number of aliphatic hydroxyl groups excluding tert-OH is 2. The molecule has 0 rings (SSSR count). The van der Waals surface area contributed by atoms with Crippen molar-refractivity contribution in [2.24, 2.45) is 0 Å². The minimum Gasteiger partial charge on any atom is -0.466 e. The Morgan fingerprint density at radius 1 is 0.452 bits per heavy atom. The standard InChI is InChI=1S/C56H105NO5/c1-3-5-7-9-11-13-15-16-27-30-34-38-42-46-50-56(61)62-51-47-43-39-35-31-28-25-23-21-19-17-18-20-22-24-26-29-33-37-41-45-49-55(60)57-53(52-58)54(59)48-44-40-36-32-14-12-10-8-6-4-2/h9,11,15-16,18,20,53-54,58-59H,3-8,10,12-14,17,19,21-52H2,1-2H3,(H,57,60)/b11-9-,16-15-,20-18-. The second-order valence-corrected chi connectivity index (χ2v) is 18.6. The van der Waals surface area contributed by atoms with Crippen LogP contribution in [-0.2, 0) is 14.3 Å². The predicted octanol–water partition coefficient (Wildman–Crippen LogP) is 16.5. The maximum Gasteiger partial charge on any atom is 0.305 e. The molecule has 3 N–H and O–H groups in total. The fourth-order valence-electron chi connectivity index (χ4n) is 8.18. The molecule has 0 heterocycles. The van der Waals surface area contributed by atoms with Crippen LogP contribution in [0.1, 0.15) is 284 Å². The molecule has 62 heavy (non-hydrogen) atoms. The van der Waals surface area contributed by atoms with Crippen LogP contribution >= 0.6 is 0 Å². The lowest BCUT2D eigenvalue weighted by atomic mass is 10.0. The molecule has 6 heteroatoms. The van der Waals surface area contributed by atoms with E-state index in [1.54, 1.807) is 0 Å². The molecule has 0 aliphatic rings. The summed E-state index contributed by atoms with van der Waals surface area (Å²) in [6.45, 7) is 4.88. The van der Waals surface area contributed by atoms with Crippen molar-refractivity contribution < 1.29 is 24.5 Å². The number of aliphatic hydroxyl groups is 2. The second-order valence-electron chi connectivity index (χ2n) is 18.6. The number of unbranched alkanes of at least 4 members (excludes halogenated alkanes) is 33. The first-order valence-corrected chi connectivity index (χ1v) is 27.2. The molecule has 0 aromatic carbocycles. The van der Waals surface area contributed by atoms with Crippen LogP contribution < -0.4 is 5.32 Å². The Bertz CT molecular complexity index is 1010. The molecule has 364 valence electrons. The lowest BCUT2D eigenvalue weighted by Crippen LogP contribution is -2.45. The van der Waals surface area contributed by atoms with Gasteiger partial charge in [0.2, 0.25) is 5.91 Å². The van der Waals surface area contributed by atoms with E-state index in [1.807, 2.05) is 0 Å². The summed E-state index contributed by atoms with van der Waals surface area (Å²) in [5, 5.41) is 23.1. The number of ether oxygens (including phenoxy) is 1. The maximum absolute atomic E-state index is 12.4. The Kier molecular flexibility index (Phi) is 50.1. The topological polar surface area (TPSA) is 95.9 Å². The molecule has 0 saturated heterocycles. The van der Waals surface area contributed by atoms with E-state index in [0.29, 0.717) is 25.9 Å². The number of hydrogen-bond donors (Lipinski definition) is 3. The number of carbonyl (C=O) groups excluding carboxylic acids is 2. The quantitative estimate of drug-likeness (QED) is 0.0321. The van der Waals surface area contributed by atoms with Crippen molar-refractivity contribution >= 4 is 11.9 Å². The molecule has 2 unspecified atom stereocenters. The number of carbonyl (C=O) groups is 2. The van der Waals surface area contributed by atoms with E-state index in [4.69, 9.17) is 4.74 Å².